The van der Waals surface area contributed by atoms with Gasteiger partial charge in [0.05, 0.1) is 6.04 Å². The minimum atomic E-state index is -1.54. The SMILES string of the molecule is Cc1ccc([C@H]2[C@H](C(=O)c3ccc(F)cc3)N3c4ccccc4C=C[C@H]3C23C(=O)c2ccccc2C3=O)cc1. The van der Waals surface area contributed by atoms with Crippen LogP contribution in [0, 0.1) is 18.2 Å². The van der Waals surface area contributed by atoms with Crippen LogP contribution < -0.4 is 4.90 Å². The fraction of sp³-hybridized carbons (Fsp3) is 0.147. The summed E-state index contributed by atoms with van der Waals surface area (Å²) in [6, 6.07) is 26.3. The first-order valence-electron chi connectivity index (χ1n) is 13.0. The van der Waals surface area contributed by atoms with E-state index in [-0.39, 0.29) is 17.3 Å². The molecular formula is C34H24FNO3. The molecule has 0 N–H and O–H groups in total. The number of aryl methyl sites for hydroxylation is 1. The molecule has 0 bridgehead atoms. The lowest BCUT2D eigenvalue weighted by atomic mass is 9.64. The Bertz CT molecular complexity index is 1670. The largest absolute Gasteiger partial charge is 0.352 e. The normalized spacial score (nSPS) is 22.1. The number of halogens is 1. The van der Waals surface area contributed by atoms with Gasteiger partial charge in [-0.05, 0) is 48.4 Å². The Morgan fingerprint density at radius 2 is 1.41 bits per heavy atom. The molecule has 0 radical (unpaired) electrons. The molecule has 3 aliphatic rings. The molecule has 4 nitrogen and oxygen atoms in total. The number of rotatable bonds is 3. The lowest BCUT2D eigenvalue weighted by Gasteiger charge is -2.37. The molecule has 5 heteroatoms. The topological polar surface area (TPSA) is 54.5 Å². The molecule has 39 heavy (non-hydrogen) atoms. The second-order valence-electron chi connectivity index (χ2n) is 10.5. The summed E-state index contributed by atoms with van der Waals surface area (Å²) in [5.74, 6) is -2.00. The van der Waals surface area contributed by atoms with Crippen molar-refractivity contribution in [2.75, 3.05) is 4.90 Å². The zero-order valence-electron chi connectivity index (χ0n) is 21.2. The third kappa shape index (κ3) is 3.13. The molecule has 3 atom stereocenters. The van der Waals surface area contributed by atoms with Crippen molar-refractivity contribution >= 4 is 29.1 Å². The minimum Gasteiger partial charge on any atom is -0.352 e. The highest BCUT2D eigenvalue weighted by Crippen LogP contribution is 2.60. The van der Waals surface area contributed by atoms with Crippen molar-refractivity contribution in [3.05, 3.63) is 142 Å². The molecule has 4 aromatic carbocycles. The number of hydrogen-bond donors (Lipinski definition) is 0. The third-order valence-corrected chi connectivity index (χ3v) is 8.55. The number of carbonyl (C=O) groups excluding carboxylic acids is 3. The minimum absolute atomic E-state index is 0.260. The second kappa shape index (κ2) is 8.43. The van der Waals surface area contributed by atoms with Crippen molar-refractivity contribution < 1.29 is 18.8 Å². The molecular weight excluding hydrogens is 489 g/mol. The monoisotopic (exact) mass is 513 g/mol. The predicted molar refractivity (Wildman–Crippen MR) is 148 cm³/mol. The van der Waals surface area contributed by atoms with E-state index in [4.69, 9.17) is 0 Å². The summed E-state index contributed by atoms with van der Waals surface area (Å²) in [4.78, 5) is 45.6. The Morgan fingerprint density at radius 3 is 2.08 bits per heavy atom. The van der Waals surface area contributed by atoms with E-state index in [0.717, 1.165) is 22.4 Å². The number of Topliss-reactive ketones (excluding diaryl/α,β-unsaturated/α-hetero) is 3. The molecule has 0 saturated carbocycles. The van der Waals surface area contributed by atoms with Crippen molar-refractivity contribution in [3.63, 3.8) is 0 Å². The van der Waals surface area contributed by atoms with Gasteiger partial charge in [-0.2, -0.15) is 0 Å². The molecule has 2 aliphatic heterocycles. The summed E-state index contributed by atoms with van der Waals surface area (Å²) in [5.41, 5.74) is 3.04. The number of hydrogen-bond acceptors (Lipinski definition) is 4. The number of carbonyl (C=O) groups is 3. The first-order valence-corrected chi connectivity index (χ1v) is 13.0. The average molecular weight is 514 g/mol. The van der Waals surface area contributed by atoms with Gasteiger partial charge in [0, 0.05) is 28.3 Å². The molecule has 0 amide bonds. The van der Waals surface area contributed by atoms with E-state index >= 15 is 0 Å². The van der Waals surface area contributed by atoms with Crippen LogP contribution in [0.25, 0.3) is 6.08 Å². The number of para-hydroxylation sites is 1. The van der Waals surface area contributed by atoms with Gasteiger partial charge in [-0.3, -0.25) is 14.4 Å². The van der Waals surface area contributed by atoms with Gasteiger partial charge < -0.3 is 4.90 Å². The van der Waals surface area contributed by atoms with Crippen LogP contribution in [-0.4, -0.2) is 29.4 Å². The quantitative estimate of drug-likeness (QED) is 0.233. The summed E-state index contributed by atoms with van der Waals surface area (Å²) < 4.78 is 13.8. The Balaban J connectivity index is 1.54. The molecule has 1 fully saturated rings. The van der Waals surface area contributed by atoms with E-state index in [1.807, 2.05) is 72.5 Å². The molecule has 2 heterocycles. The van der Waals surface area contributed by atoms with E-state index in [1.165, 1.54) is 24.3 Å². The number of fused-ring (bicyclic) bond motifs is 5. The van der Waals surface area contributed by atoms with Crippen LogP contribution in [0.2, 0.25) is 0 Å². The van der Waals surface area contributed by atoms with Crippen LogP contribution in [0.1, 0.15) is 53.7 Å². The molecule has 1 saturated heterocycles. The Kier molecular flexibility index (Phi) is 5.08. The summed E-state index contributed by atoms with van der Waals surface area (Å²) in [6.45, 7) is 1.97. The Morgan fingerprint density at radius 1 is 0.795 bits per heavy atom. The Labute approximate surface area is 225 Å². The Hall–Kier alpha value is -4.64. The molecule has 1 aliphatic carbocycles. The van der Waals surface area contributed by atoms with Gasteiger partial charge in [0.25, 0.3) is 0 Å². The lowest BCUT2D eigenvalue weighted by Crippen LogP contribution is -2.48. The maximum Gasteiger partial charge on any atom is 0.185 e. The smallest absolute Gasteiger partial charge is 0.185 e. The van der Waals surface area contributed by atoms with Gasteiger partial charge in [-0.1, -0.05) is 84.4 Å². The number of ketones is 3. The average Bonchev–Trinajstić information content (AvgIpc) is 3.40. The predicted octanol–water partition coefficient (Wildman–Crippen LogP) is 6.45. The highest BCUT2D eigenvalue weighted by Gasteiger charge is 2.71. The fourth-order valence-corrected chi connectivity index (χ4v) is 6.85. The number of benzene rings is 4. The molecule has 7 rings (SSSR count). The third-order valence-electron chi connectivity index (χ3n) is 8.55. The van der Waals surface area contributed by atoms with E-state index in [1.54, 1.807) is 24.3 Å². The zero-order chi connectivity index (χ0) is 26.9. The first kappa shape index (κ1) is 23.5. The van der Waals surface area contributed by atoms with E-state index in [0.29, 0.717) is 16.7 Å². The first-order chi connectivity index (χ1) is 18.9. The van der Waals surface area contributed by atoms with Crippen LogP contribution >= 0.6 is 0 Å². The number of nitrogens with zero attached hydrogens (tertiary/aromatic N) is 1. The van der Waals surface area contributed by atoms with Crippen molar-refractivity contribution in [1.29, 1.82) is 0 Å². The van der Waals surface area contributed by atoms with E-state index < -0.39 is 29.2 Å². The van der Waals surface area contributed by atoms with Crippen molar-refractivity contribution in [3.8, 4) is 0 Å². The molecule has 0 aromatic heterocycles. The second-order valence-corrected chi connectivity index (χ2v) is 10.5. The van der Waals surface area contributed by atoms with Gasteiger partial charge in [-0.15, -0.1) is 0 Å². The van der Waals surface area contributed by atoms with Crippen LogP contribution in [0.5, 0.6) is 0 Å². The zero-order valence-corrected chi connectivity index (χ0v) is 21.2. The van der Waals surface area contributed by atoms with Crippen LogP contribution in [-0.2, 0) is 0 Å². The highest BCUT2D eigenvalue weighted by atomic mass is 19.1. The van der Waals surface area contributed by atoms with Gasteiger partial charge in [0.2, 0.25) is 0 Å². The van der Waals surface area contributed by atoms with E-state index in [2.05, 4.69) is 0 Å². The van der Waals surface area contributed by atoms with Crippen molar-refractivity contribution in [2.45, 2.75) is 24.9 Å². The molecule has 1 spiro atoms. The molecule has 0 unspecified atom stereocenters. The number of anilines is 1. The van der Waals surface area contributed by atoms with Crippen molar-refractivity contribution in [2.24, 2.45) is 5.41 Å². The fourth-order valence-electron chi connectivity index (χ4n) is 6.85. The highest BCUT2D eigenvalue weighted by molar-refractivity contribution is 6.32. The maximum absolute atomic E-state index is 14.6. The van der Waals surface area contributed by atoms with Gasteiger partial charge >= 0.3 is 0 Å². The summed E-state index contributed by atoms with van der Waals surface area (Å²) in [7, 11) is 0. The van der Waals surface area contributed by atoms with Gasteiger partial charge in [0.1, 0.15) is 17.3 Å². The lowest BCUT2D eigenvalue weighted by molar-refractivity contribution is 0.0666. The standard InChI is InChI=1S/C34H24FNO3/c1-20-10-12-22(13-11-20)29-30(31(37)23-14-17-24(35)18-15-23)36-27-9-5-2-6-21(27)16-19-28(36)34(29)32(38)25-7-3-4-8-26(25)33(34)39/h2-19,28-30H,1H3/t28-,29-,30+/m0/s1. The van der Waals surface area contributed by atoms with Crippen molar-refractivity contribution in [1.82, 2.24) is 0 Å². The summed E-state index contributed by atoms with van der Waals surface area (Å²) in [6.07, 6.45) is 3.85. The van der Waals surface area contributed by atoms with Crippen LogP contribution in [0.15, 0.2) is 103 Å². The van der Waals surface area contributed by atoms with Gasteiger partial charge in [-0.25, -0.2) is 4.39 Å². The maximum atomic E-state index is 14.6. The molecule has 4 aromatic rings. The van der Waals surface area contributed by atoms with Gasteiger partial charge in [0.15, 0.2) is 17.3 Å². The van der Waals surface area contributed by atoms with E-state index in [9.17, 15) is 18.8 Å². The summed E-state index contributed by atoms with van der Waals surface area (Å²) in [5, 5.41) is 0. The molecule has 190 valence electrons. The summed E-state index contributed by atoms with van der Waals surface area (Å²) >= 11 is 0. The van der Waals surface area contributed by atoms with Crippen LogP contribution in [0.3, 0.4) is 0 Å². The van der Waals surface area contributed by atoms with Crippen LogP contribution in [0.4, 0.5) is 10.1 Å².